The molecule has 1 saturated carbocycles. The quantitative estimate of drug-likeness (QED) is 0.278. The SMILES string of the molecule is C#Cc1ccccc1C(C(=O)Nc1ccc2ccccc2c1)N(C(=O)C(CC(C)C)NC(=O)OC(C)(C)C)C1CCC1. The summed E-state index contributed by atoms with van der Waals surface area (Å²) in [7, 11) is 0. The highest BCUT2D eigenvalue weighted by Crippen LogP contribution is 2.36. The van der Waals surface area contributed by atoms with E-state index in [0.29, 0.717) is 23.2 Å². The molecule has 0 aromatic heterocycles. The Bertz CT molecular complexity index is 1480. The third-order valence-electron chi connectivity index (χ3n) is 7.37. The van der Waals surface area contributed by atoms with Gasteiger partial charge in [0.2, 0.25) is 5.91 Å². The van der Waals surface area contributed by atoms with Crippen LogP contribution >= 0.6 is 0 Å². The average molecular weight is 568 g/mol. The number of amides is 3. The molecule has 3 aromatic carbocycles. The minimum Gasteiger partial charge on any atom is -0.444 e. The molecule has 7 nitrogen and oxygen atoms in total. The molecule has 2 atom stereocenters. The predicted octanol–water partition coefficient (Wildman–Crippen LogP) is 6.82. The molecule has 4 rings (SSSR count). The second-order valence-electron chi connectivity index (χ2n) is 12.3. The predicted molar refractivity (Wildman–Crippen MR) is 167 cm³/mol. The zero-order valence-corrected chi connectivity index (χ0v) is 25.1. The lowest BCUT2D eigenvalue weighted by Crippen LogP contribution is -2.57. The number of fused-ring (bicyclic) bond motifs is 1. The molecular formula is C35H41N3O4. The highest BCUT2D eigenvalue weighted by atomic mass is 16.6. The smallest absolute Gasteiger partial charge is 0.408 e. The summed E-state index contributed by atoms with van der Waals surface area (Å²) in [5, 5.41) is 7.91. The van der Waals surface area contributed by atoms with E-state index >= 15 is 0 Å². The number of rotatable bonds is 9. The van der Waals surface area contributed by atoms with Gasteiger partial charge in [-0.1, -0.05) is 68.3 Å². The van der Waals surface area contributed by atoms with Crippen LogP contribution in [0.15, 0.2) is 66.7 Å². The van der Waals surface area contributed by atoms with Gasteiger partial charge in [-0.05, 0) is 86.9 Å². The third kappa shape index (κ3) is 7.50. The van der Waals surface area contributed by atoms with Gasteiger partial charge in [0, 0.05) is 17.3 Å². The van der Waals surface area contributed by atoms with Crippen molar-refractivity contribution in [2.75, 3.05) is 5.32 Å². The normalized spacial score (nSPS) is 14.8. The van der Waals surface area contributed by atoms with Gasteiger partial charge in [0.05, 0.1) is 0 Å². The summed E-state index contributed by atoms with van der Waals surface area (Å²) in [5.41, 5.74) is 0.999. The molecular weight excluding hydrogens is 526 g/mol. The average Bonchev–Trinajstić information content (AvgIpc) is 2.89. The van der Waals surface area contributed by atoms with Crippen molar-refractivity contribution in [3.8, 4) is 12.3 Å². The van der Waals surface area contributed by atoms with Gasteiger partial charge in [0.1, 0.15) is 17.7 Å². The maximum Gasteiger partial charge on any atom is 0.408 e. The highest BCUT2D eigenvalue weighted by Gasteiger charge is 2.42. The van der Waals surface area contributed by atoms with Crippen molar-refractivity contribution >= 4 is 34.4 Å². The first-order chi connectivity index (χ1) is 20.0. The lowest BCUT2D eigenvalue weighted by molar-refractivity contribution is -0.146. The topological polar surface area (TPSA) is 87.7 Å². The van der Waals surface area contributed by atoms with E-state index in [9.17, 15) is 14.4 Å². The zero-order chi connectivity index (χ0) is 30.4. The summed E-state index contributed by atoms with van der Waals surface area (Å²) in [4.78, 5) is 43.3. The molecule has 1 aliphatic rings. The fourth-order valence-electron chi connectivity index (χ4n) is 5.27. The Morgan fingerprint density at radius 2 is 1.67 bits per heavy atom. The van der Waals surface area contributed by atoms with Crippen LogP contribution < -0.4 is 10.6 Å². The van der Waals surface area contributed by atoms with Gasteiger partial charge in [0.25, 0.3) is 5.91 Å². The summed E-state index contributed by atoms with van der Waals surface area (Å²) in [6.07, 6.45) is 8.06. The van der Waals surface area contributed by atoms with Crippen molar-refractivity contribution < 1.29 is 19.1 Å². The van der Waals surface area contributed by atoms with Gasteiger partial charge >= 0.3 is 6.09 Å². The van der Waals surface area contributed by atoms with Gasteiger partial charge in [-0.25, -0.2) is 4.79 Å². The number of hydrogen-bond donors (Lipinski definition) is 2. The summed E-state index contributed by atoms with van der Waals surface area (Å²) in [6, 6.07) is 18.8. The van der Waals surface area contributed by atoms with E-state index in [2.05, 4.69) is 16.6 Å². The van der Waals surface area contributed by atoms with E-state index in [1.807, 2.05) is 68.4 Å². The van der Waals surface area contributed by atoms with Crippen LogP contribution in [0.1, 0.15) is 77.5 Å². The van der Waals surface area contributed by atoms with E-state index < -0.39 is 23.8 Å². The number of alkyl carbamates (subject to hydrolysis) is 1. The number of benzene rings is 3. The molecule has 0 heterocycles. The van der Waals surface area contributed by atoms with Crippen LogP contribution in [-0.4, -0.2) is 40.5 Å². The van der Waals surface area contributed by atoms with Gasteiger partial charge in [-0.3, -0.25) is 9.59 Å². The molecule has 1 aliphatic carbocycles. The Balaban J connectivity index is 1.75. The van der Waals surface area contributed by atoms with Crippen LogP contribution in [-0.2, 0) is 14.3 Å². The fraction of sp³-hybridized carbons (Fsp3) is 0.400. The number of nitrogens with zero attached hydrogens (tertiary/aromatic N) is 1. The van der Waals surface area contributed by atoms with Crippen LogP contribution in [0, 0.1) is 18.3 Å². The molecule has 220 valence electrons. The largest absolute Gasteiger partial charge is 0.444 e. The van der Waals surface area contributed by atoms with Crippen LogP contribution in [0.3, 0.4) is 0 Å². The van der Waals surface area contributed by atoms with E-state index in [-0.39, 0.29) is 23.8 Å². The van der Waals surface area contributed by atoms with E-state index in [1.165, 1.54) is 0 Å². The summed E-state index contributed by atoms with van der Waals surface area (Å²) in [5.74, 6) is 2.10. The molecule has 0 radical (unpaired) electrons. The first-order valence-electron chi connectivity index (χ1n) is 14.6. The van der Waals surface area contributed by atoms with Crippen molar-refractivity contribution in [3.63, 3.8) is 0 Å². The molecule has 0 saturated heterocycles. The maximum absolute atomic E-state index is 14.5. The van der Waals surface area contributed by atoms with E-state index in [4.69, 9.17) is 11.2 Å². The monoisotopic (exact) mass is 567 g/mol. The molecule has 1 fully saturated rings. The molecule has 7 heteroatoms. The minimum absolute atomic E-state index is 0.0972. The van der Waals surface area contributed by atoms with Gasteiger partial charge in [0.15, 0.2) is 0 Å². The molecule has 3 aromatic rings. The van der Waals surface area contributed by atoms with Crippen molar-refractivity contribution in [2.24, 2.45) is 5.92 Å². The van der Waals surface area contributed by atoms with Gasteiger partial charge in [-0.15, -0.1) is 6.42 Å². The minimum atomic E-state index is -1.00. The van der Waals surface area contributed by atoms with Crippen molar-refractivity contribution in [2.45, 2.75) is 84.0 Å². The maximum atomic E-state index is 14.5. The molecule has 2 N–H and O–H groups in total. The molecule has 42 heavy (non-hydrogen) atoms. The first kappa shape index (κ1) is 30.6. The fourth-order valence-corrected chi connectivity index (χ4v) is 5.27. The van der Waals surface area contributed by atoms with E-state index in [0.717, 1.165) is 30.0 Å². The first-order valence-corrected chi connectivity index (χ1v) is 14.6. The van der Waals surface area contributed by atoms with Crippen LogP contribution in [0.4, 0.5) is 10.5 Å². The third-order valence-corrected chi connectivity index (χ3v) is 7.37. The molecule has 0 bridgehead atoms. The number of ether oxygens (including phenoxy) is 1. The molecule has 3 amide bonds. The van der Waals surface area contributed by atoms with Crippen LogP contribution in [0.5, 0.6) is 0 Å². The summed E-state index contributed by atoms with van der Waals surface area (Å²) >= 11 is 0. The number of nitrogens with one attached hydrogen (secondary N) is 2. The highest BCUT2D eigenvalue weighted by molar-refractivity contribution is 6.01. The Morgan fingerprint density at radius 3 is 2.29 bits per heavy atom. The second kappa shape index (κ2) is 13.1. The Morgan fingerprint density at radius 1 is 1.00 bits per heavy atom. The number of carbonyl (C=O) groups excluding carboxylic acids is 3. The summed E-state index contributed by atoms with van der Waals surface area (Å²) < 4.78 is 5.50. The number of hydrogen-bond acceptors (Lipinski definition) is 4. The van der Waals surface area contributed by atoms with Crippen LogP contribution in [0.2, 0.25) is 0 Å². The number of carbonyl (C=O) groups is 3. The number of anilines is 1. The van der Waals surface area contributed by atoms with Crippen molar-refractivity contribution in [1.29, 1.82) is 0 Å². The zero-order valence-electron chi connectivity index (χ0n) is 25.1. The standard InChI is InChI=1S/C35H41N3O4/c1-7-24-13-10-11-18-29(24)31(32(39)36-27-20-19-25-14-8-9-15-26(25)22-27)38(28-16-12-17-28)33(40)30(21-23(2)3)37-34(41)42-35(4,5)6/h1,8-11,13-15,18-20,22-23,28,30-31H,12,16-17,21H2,2-6H3,(H,36,39)(H,37,41). The Hall–Kier alpha value is -4.31. The number of terminal acetylenes is 1. The van der Waals surface area contributed by atoms with Crippen molar-refractivity contribution in [3.05, 3.63) is 77.9 Å². The second-order valence-corrected chi connectivity index (χ2v) is 12.3. The van der Waals surface area contributed by atoms with E-state index in [1.54, 1.807) is 37.8 Å². The van der Waals surface area contributed by atoms with Gasteiger partial charge < -0.3 is 20.3 Å². The van der Waals surface area contributed by atoms with Gasteiger partial charge in [-0.2, -0.15) is 0 Å². The van der Waals surface area contributed by atoms with Crippen LogP contribution in [0.25, 0.3) is 10.8 Å². The molecule has 2 unspecified atom stereocenters. The Labute approximate surface area is 249 Å². The summed E-state index contributed by atoms with van der Waals surface area (Å²) in [6.45, 7) is 9.30. The van der Waals surface area contributed by atoms with Crippen molar-refractivity contribution in [1.82, 2.24) is 10.2 Å². The Kier molecular flexibility index (Phi) is 9.57. The molecule has 0 aliphatic heterocycles. The lowest BCUT2D eigenvalue weighted by Gasteiger charge is -2.44. The lowest BCUT2D eigenvalue weighted by atomic mass is 9.86. The molecule has 0 spiro atoms.